The van der Waals surface area contributed by atoms with E-state index >= 15 is 0 Å². The van der Waals surface area contributed by atoms with Crippen LogP contribution in [0.3, 0.4) is 0 Å². The molecule has 1 aromatic heterocycles. The zero-order chi connectivity index (χ0) is 40.6. The first-order valence-electron chi connectivity index (χ1n) is 20.7. The number of rotatable bonds is 14. The smallest absolute Gasteiger partial charge is 0.333 e. The predicted molar refractivity (Wildman–Crippen MR) is 241 cm³/mol. The van der Waals surface area contributed by atoms with Crippen LogP contribution >= 0.6 is 0 Å². The molecular weight excluding hydrogens is 705 g/mol. The summed E-state index contributed by atoms with van der Waals surface area (Å²) in [5.41, 5.74) is 8.24. The number of hydrogen-bond acceptors (Lipinski definition) is 5. The van der Waals surface area contributed by atoms with E-state index < -0.39 is 11.2 Å². The Hall–Kier alpha value is -5.69. The monoisotopic (exact) mass is 762 g/mol. The lowest BCUT2D eigenvalue weighted by atomic mass is 9.83. The van der Waals surface area contributed by atoms with Crippen LogP contribution in [0.4, 0.5) is 11.4 Å². The quantitative estimate of drug-likeness (QED) is 0.114. The molecule has 1 heterocycles. The normalized spacial score (nSPS) is 14.8. The van der Waals surface area contributed by atoms with Gasteiger partial charge in [0, 0.05) is 36.7 Å². The first kappa shape index (κ1) is 41.0. The zero-order valence-corrected chi connectivity index (χ0v) is 34.9. The fraction of sp³-hybridized carbons (Fsp3) is 0.340. The molecule has 0 bridgehead atoms. The van der Waals surface area contributed by atoms with Gasteiger partial charge in [0.2, 0.25) is 5.88 Å². The van der Waals surface area contributed by atoms with E-state index in [-0.39, 0.29) is 11.4 Å². The number of nitrogens with zero attached hydrogens (tertiary/aromatic N) is 4. The third kappa shape index (κ3) is 8.68. The summed E-state index contributed by atoms with van der Waals surface area (Å²) in [5, 5.41) is 16.8. The number of hydrogen-bond donors (Lipinski definition) is 1. The third-order valence-electron chi connectivity index (χ3n) is 11.4. The second-order valence-corrected chi connectivity index (χ2v) is 15.2. The highest BCUT2D eigenvalue weighted by Crippen LogP contribution is 2.40. The van der Waals surface area contributed by atoms with Crippen molar-refractivity contribution in [3.63, 3.8) is 0 Å². The number of benzene rings is 4. The molecule has 0 atom stereocenters. The zero-order valence-electron chi connectivity index (χ0n) is 34.9. The molecule has 0 fully saturated rings. The molecule has 0 amide bonds. The summed E-state index contributed by atoms with van der Waals surface area (Å²) in [7, 11) is 0. The molecule has 7 nitrogen and oxygen atoms in total. The molecule has 4 aromatic carbocycles. The Bertz CT molecular complexity index is 2560. The van der Waals surface area contributed by atoms with Gasteiger partial charge in [0.05, 0.1) is 5.69 Å². The molecule has 0 radical (unpaired) electrons. The maximum Gasteiger partial charge on any atom is 0.333 e. The highest BCUT2D eigenvalue weighted by atomic mass is 16.3. The van der Waals surface area contributed by atoms with Crippen LogP contribution in [0, 0.1) is 13.8 Å². The molecule has 1 N–H and O–H groups in total. The van der Waals surface area contributed by atoms with Gasteiger partial charge in [-0.05, 0) is 140 Å². The van der Waals surface area contributed by atoms with Crippen molar-refractivity contribution < 1.29 is 5.11 Å². The summed E-state index contributed by atoms with van der Waals surface area (Å²) >= 11 is 0. The second kappa shape index (κ2) is 18.5. The minimum Gasteiger partial charge on any atom is -0.494 e. The van der Waals surface area contributed by atoms with Crippen LogP contribution in [0.1, 0.15) is 96.3 Å². The Morgan fingerprint density at radius 3 is 2.11 bits per heavy atom. The maximum atomic E-state index is 14.5. The van der Waals surface area contributed by atoms with E-state index in [1.165, 1.54) is 36.2 Å². The van der Waals surface area contributed by atoms with Gasteiger partial charge >= 0.3 is 5.69 Å². The summed E-state index contributed by atoms with van der Waals surface area (Å²) in [6.45, 7) is 16.1. The first-order chi connectivity index (χ1) is 27.6. The van der Waals surface area contributed by atoms with E-state index in [1.54, 1.807) is 0 Å². The molecular formula is C50H58N4O3. The highest BCUT2D eigenvalue weighted by Gasteiger charge is 2.27. The summed E-state index contributed by atoms with van der Waals surface area (Å²) in [6.07, 6.45) is 13.7. The maximum absolute atomic E-state index is 14.5. The van der Waals surface area contributed by atoms with Crippen LogP contribution in [-0.4, -0.2) is 26.5 Å². The van der Waals surface area contributed by atoms with Crippen molar-refractivity contribution in [2.75, 3.05) is 11.4 Å². The molecule has 0 unspecified atom stereocenters. The van der Waals surface area contributed by atoms with Gasteiger partial charge in [-0.25, -0.2) is 4.79 Å². The SMILES string of the molecule is CCCCn1c(O)c(C2=C(/C=C/C(C)=N/c3ccc4ccccc4c3C)CCC/C2=C\C=C(/C)N(CC)c2ccc3ccccc3c2C)c(=O)n(CCCC)c1=O. The van der Waals surface area contributed by atoms with E-state index in [1.807, 2.05) is 26.0 Å². The number of allylic oxidation sites excluding steroid dienone is 8. The lowest BCUT2D eigenvalue weighted by molar-refractivity contribution is 0.380. The predicted octanol–water partition coefficient (Wildman–Crippen LogP) is 11.9. The van der Waals surface area contributed by atoms with Crippen molar-refractivity contribution in [1.29, 1.82) is 0 Å². The van der Waals surface area contributed by atoms with Crippen molar-refractivity contribution in [2.45, 2.75) is 107 Å². The molecule has 0 saturated heterocycles. The van der Waals surface area contributed by atoms with Gasteiger partial charge in [0.1, 0.15) is 5.56 Å². The van der Waals surface area contributed by atoms with Crippen LogP contribution in [-0.2, 0) is 13.1 Å². The molecule has 1 aliphatic carbocycles. The van der Waals surface area contributed by atoms with Crippen LogP contribution in [0.5, 0.6) is 5.88 Å². The number of aryl methyl sites for hydroxylation is 2. The molecule has 57 heavy (non-hydrogen) atoms. The molecule has 296 valence electrons. The van der Waals surface area contributed by atoms with Gasteiger partial charge in [-0.3, -0.25) is 18.9 Å². The summed E-state index contributed by atoms with van der Waals surface area (Å²) in [4.78, 5) is 35.6. The van der Waals surface area contributed by atoms with Crippen molar-refractivity contribution in [3.05, 3.63) is 151 Å². The summed E-state index contributed by atoms with van der Waals surface area (Å²) in [5.74, 6) is -0.250. The number of anilines is 1. The molecule has 1 aliphatic rings. The van der Waals surface area contributed by atoms with Gasteiger partial charge in [-0.1, -0.05) is 99.5 Å². The van der Waals surface area contributed by atoms with Crippen molar-refractivity contribution in [2.24, 2.45) is 4.99 Å². The number of fused-ring (bicyclic) bond motifs is 2. The van der Waals surface area contributed by atoms with Crippen LogP contribution < -0.4 is 16.1 Å². The molecule has 7 heteroatoms. The third-order valence-corrected chi connectivity index (χ3v) is 11.4. The average molecular weight is 763 g/mol. The molecule has 6 rings (SSSR count). The van der Waals surface area contributed by atoms with E-state index in [0.717, 1.165) is 71.7 Å². The second-order valence-electron chi connectivity index (χ2n) is 15.2. The Balaban J connectivity index is 1.51. The van der Waals surface area contributed by atoms with Crippen molar-refractivity contribution in [1.82, 2.24) is 9.13 Å². The minimum absolute atomic E-state index is 0.205. The van der Waals surface area contributed by atoms with Gasteiger partial charge in [-0.15, -0.1) is 0 Å². The van der Waals surface area contributed by atoms with E-state index in [4.69, 9.17) is 4.99 Å². The fourth-order valence-electron chi connectivity index (χ4n) is 8.13. The minimum atomic E-state index is -0.448. The van der Waals surface area contributed by atoms with Gasteiger partial charge in [-0.2, -0.15) is 0 Å². The average Bonchev–Trinajstić information content (AvgIpc) is 3.22. The lowest BCUT2D eigenvalue weighted by Gasteiger charge is -2.27. The summed E-state index contributed by atoms with van der Waals surface area (Å²) < 4.78 is 2.75. The van der Waals surface area contributed by atoms with Gasteiger partial charge in [0.25, 0.3) is 5.56 Å². The number of aromatic nitrogens is 2. The Kier molecular flexibility index (Phi) is 13.3. The fourth-order valence-corrected chi connectivity index (χ4v) is 8.13. The Morgan fingerprint density at radius 1 is 0.807 bits per heavy atom. The Labute approximate surface area is 337 Å². The lowest BCUT2D eigenvalue weighted by Crippen LogP contribution is -2.41. The number of unbranched alkanes of at least 4 members (excludes halogenated alkanes) is 2. The van der Waals surface area contributed by atoms with Crippen LogP contribution in [0.15, 0.2) is 129 Å². The molecule has 0 spiro atoms. The van der Waals surface area contributed by atoms with Crippen LogP contribution in [0.25, 0.3) is 27.1 Å². The number of aromatic hydroxyl groups is 1. The molecule has 5 aromatic rings. The first-order valence-corrected chi connectivity index (χ1v) is 20.7. The van der Waals surface area contributed by atoms with Gasteiger partial charge < -0.3 is 10.0 Å². The Morgan fingerprint density at radius 2 is 1.44 bits per heavy atom. The summed E-state index contributed by atoms with van der Waals surface area (Å²) in [6, 6.07) is 25.4. The standard InChI is InChI=1S/C50H58N4O3/c1-8-11-32-53-48(55)47(49(56)54(50(53)57)33-12-9-2)46-40(26-24-34(4)51-44-30-28-38-18-13-15-22-42(38)36(44)6)20-17-21-41(46)27-25-35(5)52(10-3)45-31-29-39-19-14-16-23-43(39)37(45)7/h13-16,18-19,22-31,55H,8-12,17,20-21,32-33H2,1-7H3/b26-24+,35-25+,41-27+,51-34+. The topological polar surface area (TPSA) is 79.8 Å². The highest BCUT2D eigenvalue weighted by molar-refractivity contribution is 5.98. The molecule has 0 saturated carbocycles. The van der Waals surface area contributed by atoms with Crippen molar-refractivity contribution in [3.8, 4) is 5.88 Å². The largest absolute Gasteiger partial charge is 0.494 e. The van der Waals surface area contributed by atoms with E-state index in [9.17, 15) is 14.7 Å². The van der Waals surface area contributed by atoms with E-state index in [0.29, 0.717) is 37.9 Å². The van der Waals surface area contributed by atoms with E-state index in [2.05, 4.69) is 124 Å². The number of aliphatic imine (C=N–C) groups is 1. The van der Waals surface area contributed by atoms with Gasteiger partial charge in [0.15, 0.2) is 0 Å². The molecule has 0 aliphatic heterocycles. The van der Waals surface area contributed by atoms with Crippen LogP contribution in [0.2, 0.25) is 0 Å². The van der Waals surface area contributed by atoms with Crippen molar-refractivity contribution >= 4 is 44.2 Å².